The van der Waals surface area contributed by atoms with E-state index >= 15 is 0 Å². The van der Waals surface area contributed by atoms with E-state index in [-0.39, 0.29) is 6.61 Å². The lowest BCUT2D eigenvalue weighted by Gasteiger charge is -2.14. The van der Waals surface area contributed by atoms with Crippen LogP contribution in [0.2, 0.25) is 0 Å². The Morgan fingerprint density at radius 3 is 2.94 bits per heavy atom. The molecule has 1 aliphatic rings. The zero-order valence-electron chi connectivity index (χ0n) is 9.95. The molecule has 3 heteroatoms. The lowest BCUT2D eigenvalue weighted by molar-refractivity contribution is 0.299. The maximum Gasteiger partial charge on any atom is 0.0991 e. The molecule has 0 amide bonds. The third-order valence-corrected chi connectivity index (χ3v) is 3.35. The molecule has 0 saturated carbocycles. The Hall–Kier alpha value is -1.37. The summed E-state index contributed by atoms with van der Waals surface area (Å²) in [6.45, 7) is 1.26. The molecule has 1 aromatic carbocycles. The number of benzene rings is 1. The van der Waals surface area contributed by atoms with E-state index < -0.39 is 0 Å². The van der Waals surface area contributed by atoms with Gasteiger partial charge in [0.05, 0.1) is 11.6 Å². The van der Waals surface area contributed by atoms with Crippen LogP contribution < -0.4 is 5.32 Å². The topological polar surface area (TPSA) is 56.0 Å². The van der Waals surface area contributed by atoms with Crippen molar-refractivity contribution >= 4 is 0 Å². The Labute approximate surface area is 102 Å². The first-order valence-corrected chi connectivity index (χ1v) is 6.19. The molecule has 0 spiro atoms. The predicted octanol–water partition coefficient (Wildman–Crippen LogP) is 1.39. The summed E-state index contributed by atoms with van der Waals surface area (Å²) in [4.78, 5) is 0. The molecule has 0 aromatic heterocycles. The predicted molar refractivity (Wildman–Crippen MR) is 66.7 cm³/mol. The van der Waals surface area contributed by atoms with Crippen LogP contribution in [0.15, 0.2) is 18.2 Å². The van der Waals surface area contributed by atoms with Crippen LogP contribution in [0.5, 0.6) is 0 Å². The molecule has 90 valence electrons. The van der Waals surface area contributed by atoms with E-state index in [0.717, 1.165) is 13.0 Å². The number of nitrogens with zero attached hydrogens (tertiary/aromatic N) is 1. The number of hydrogen-bond donors (Lipinski definition) is 2. The maximum absolute atomic E-state index is 9.05. The van der Waals surface area contributed by atoms with E-state index in [9.17, 15) is 0 Å². The SMILES string of the molecule is N#Cc1ccc(CCO)c(CC2CCCN2)c1. The number of nitriles is 1. The molecule has 17 heavy (non-hydrogen) atoms. The van der Waals surface area contributed by atoms with Crippen molar-refractivity contribution in [2.75, 3.05) is 13.2 Å². The van der Waals surface area contributed by atoms with Gasteiger partial charge in [-0.2, -0.15) is 5.26 Å². The second-order valence-electron chi connectivity index (χ2n) is 4.57. The molecule has 1 aliphatic heterocycles. The summed E-state index contributed by atoms with van der Waals surface area (Å²) < 4.78 is 0. The van der Waals surface area contributed by atoms with Crippen molar-refractivity contribution in [2.45, 2.75) is 31.7 Å². The van der Waals surface area contributed by atoms with Gasteiger partial charge >= 0.3 is 0 Å². The zero-order chi connectivity index (χ0) is 12.1. The largest absolute Gasteiger partial charge is 0.396 e. The molecular formula is C14H18N2O. The highest BCUT2D eigenvalue weighted by Gasteiger charge is 2.16. The summed E-state index contributed by atoms with van der Waals surface area (Å²) in [6, 6.07) is 8.47. The van der Waals surface area contributed by atoms with E-state index in [0.29, 0.717) is 18.0 Å². The summed E-state index contributed by atoms with van der Waals surface area (Å²) >= 11 is 0. The standard InChI is InChI=1S/C14H18N2O/c15-10-11-3-4-12(5-7-17)13(8-11)9-14-2-1-6-16-14/h3-4,8,14,16-17H,1-2,5-7,9H2. The van der Waals surface area contributed by atoms with Crippen LogP contribution in [-0.2, 0) is 12.8 Å². The van der Waals surface area contributed by atoms with Gasteiger partial charge in [-0.3, -0.25) is 0 Å². The van der Waals surface area contributed by atoms with Crippen LogP contribution in [0.1, 0.15) is 29.5 Å². The van der Waals surface area contributed by atoms with Gasteiger partial charge in [0.15, 0.2) is 0 Å². The van der Waals surface area contributed by atoms with E-state index in [4.69, 9.17) is 10.4 Å². The van der Waals surface area contributed by atoms with Crippen LogP contribution in [0.4, 0.5) is 0 Å². The first-order valence-electron chi connectivity index (χ1n) is 6.19. The molecule has 0 aliphatic carbocycles. The highest BCUT2D eigenvalue weighted by molar-refractivity contribution is 5.38. The monoisotopic (exact) mass is 230 g/mol. The average molecular weight is 230 g/mol. The van der Waals surface area contributed by atoms with Crippen molar-refractivity contribution in [2.24, 2.45) is 0 Å². The minimum Gasteiger partial charge on any atom is -0.396 e. The van der Waals surface area contributed by atoms with Gasteiger partial charge in [0.25, 0.3) is 0 Å². The molecule has 0 bridgehead atoms. The van der Waals surface area contributed by atoms with Gasteiger partial charge in [0.1, 0.15) is 0 Å². The Morgan fingerprint density at radius 1 is 1.41 bits per heavy atom. The van der Waals surface area contributed by atoms with Crippen LogP contribution >= 0.6 is 0 Å². The van der Waals surface area contributed by atoms with E-state index in [1.807, 2.05) is 18.2 Å². The Bertz CT molecular complexity index is 417. The quantitative estimate of drug-likeness (QED) is 0.821. The van der Waals surface area contributed by atoms with Crippen LogP contribution in [0.25, 0.3) is 0 Å². The molecule has 2 N–H and O–H groups in total. The summed E-state index contributed by atoms with van der Waals surface area (Å²) in [5, 5.41) is 21.4. The normalized spacial score (nSPS) is 19.2. The van der Waals surface area contributed by atoms with Gasteiger partial charge in [-0.15, -0.1) is 0 Å². The van der Waals surface area contributed by atoms with Crippen molar-refractivity contribution in [3.05, 3.63) is 34.9 Å². The number of rotatable bonds is 4. The van der Waals surface area contributed by atoms with E-state index in [2.05, 4.69) is 11.4 Å². The Balaban J connectivity index is 2.18. The fraction of sp³-hybridized carbons (Fsp3) is 0.500. The number of nitrogens with one attached hydrogen (secondary N) is 1. The molecule has 0 radical (unpaired) electrons. The van der Waals surface area contributed by atoms with Crippen LogP contribution in [0, 0.1) is 11.3 Å². The van der Waals surface area contributed by atoms with E-state index in [1.54, 1.807) is 0 Å². The van der Waals surface area contributed by atoms with Gasteiger partial charge in [-0.05, 0) is 55.5 Å². The second-order valence-corrected chi connectivity index (χ2v) is 4.57. The fourth-order valence-corrected chi connectivity index (χ4v) is 2.45. The van der Waals surface area contributed by atoms with Crippen molar-refractivity contribution in [1.82, 2.24) is 5.32 Å². The van der Waals surface area contributed by atoms with Gasteiger partial charge in [-0.1, -0.05) is 6.07 Å². The highest BCUT2D eigenvalue weighted by atomic mass is 16.2. The van der Waals surface area contributed by atoms with Crippen molar-refractivity contribution in [1.29, 1.82) is 5.26 Å². The lowest BCUT2D eigenvalue weighted by atomic mass is 9.96. The van der Waals surface area contributed by atoms with Crippen LogP contribution in [-0.4, -0.2) is 24.3 Å². The molecule has 1 heterocycles. The first kappa shape index (κ1) is 12.1. The van der Waals surface area contributed by atoms with Gasteiger partial charge < -0.3 is 10.4 Å². The molecule has 1 aromatic rings. The minimum absolute atomic E-state index is 0.164. The maximum atomic E-state index is 9.05. The summed E-state index contributed by atoms with van der Waals surface area (Å²) in [5.41, 5.74) is 3.08. The Kier molecular flexibility index (Phi) is 4.13. The zero-order valence-corrected chi connectivity index (χ0v) is 9.95. The molecule has 3 nitrogen and oxygen atoms in total. The fourth-order valence-electron chi connectivity index (χ4n) is 2.45. The Morgan fingerprint density at radius 2 is 2.29 bits per heavy atom. The minimum atomic E-state index is 0.164. The third-order valence-electron chi connectivity index (χ3n) is 3.35. The number of aliphatic hydroxyl groups is 1. The summed E-state index contributed by atoms with van der Waals surface area (Å²) in [6.07, 6.45) is 4.08. The molecule has 2 rings (SSSR count). The summed E-state index contributed by atoms with van der Waals surface area (Å²) in [7, 11) is 0. The van der Waals surface area contributed by atoms with E-state index in [1.165, 1.54) is 24.0 Å². The second kappa shape index (κ2) is 5.81. The summed E-state index contributed by atoms with van der Waals surface area (Å²) in [5.74, 6) is 0. The molecule has 1 unspecified atom stereocenters. The lowest BCUT2D eigenvalue weighted by Crippen LogP contribution is -2.24. The molecule has 1 fully saturated rings. The van der Waals surface area contributed by atoms with Crippen molar-refractivity contribution < 1.29 is 5.11 Å². The third kappa shape index (κ3) is 3.06. The highest BCUT2D eigenvalue weighted by Crippen LogP contribution is 2.18. The van der Waals surface area contributed by atoms with Gasteiger partial charge in [0, 0.05) is 12.6 Å². The van der Waals surface area contributed by atoms with Crippen molar-refractivity contribution in [3.63, 3.8) is 0 Å². The number of hydrogen-bond acceptors (Lipinski definition) is 3. The molecular weight excluding hydrogens is 212 g/mol. The number of aliphatic hydroxyl groups excluding tert-OH is 1. The van der Waals surface area contributed by atoms with Gasteiger partial charge in [0.2, 0.25) is 0 Å². The van der Waals surface area contributed by atoms with Gasteiger partial charge in [-0.25, -0.2) is 0 Å². The van der Waals surface area contributed by atoms with Crippen molar-refractivity contribution in [3.8, 4) is 6.07 Å². The average Bonchev–Trinajstić information content (AvgIpc) is 2.84. The van der Waals surface area contributed by atoms with Crippen LogP contribution in [0.3, 0.4) is 0 Å². The smallest absolute Gasteiger partial charge is 0.0991 e. The first-order chi connectivity index (χ1) is 8.33. The molecule has 1 saturated heterocycles. The molecule has 1 atom stereocenters.